The number of carboxylic acid groups (broad SMARTS) is 1. The molecule has 106 valence electrons. The Kier molecular flexibility index (Phi) is 6.55. The van der Waals surface area contributed by atoms with E-state index in [-0.39, 0.29) is 12.8 Å². The van der Waals surface area contributed by atoms with Crippen molar-refractivity contribution in [2.75, 3.05) is 7.11 Å². The lowest BCUT2D eigenvalue weighted by Crippen LogP contribution is -2.21. The predicted molar refractivity (Wildman–Crippen MR) is 65.9 cm³/mol. The maximum Gasteiger partial charge on any atom is 0.728 e. The van der Waals surface area contributed by atoms with Crippen LogP contribution in [0, 0.1) is 12.0 Å². The largest absolute Gasteiger partial charge is 0.728 e. The van der Waals surface area contributed by atoms with E-state index in [2.05, 4.69) is 15.7 Å². The third kappa shape index (κ3) is 8.60. The first-order valence-electron chi connectivity index (χ1n) is 5.64. The topological polar surface area (TPSA) is 94.3 Å². The van der Waals surface area contributed by atoms with Crippen LogP contribution in [0.15, 0.2) is 0 Å². The van der Waals surface area contributed by atoms with Crippen molar-refractivity contribution in [1.82, 2.24) is 0 Å². The predicted octanol–water partition coefficient (Wildman–Crippen LogP) is 1.91. The van der Waals surface area contributed by atoms with Gasteiger partial charge < -0.3 is 14.6 Å². The highest BCUT2D eigenvalue weighted by molar-refractivity contribution is 5.82. The van der Waals surface area contributed by atoms with Crippen molar-refractivity contribution in [1.29, 1.82) is 0 Å². The Morgan fingerprint density at radius 2 is 1.89 bits per heavy atom. The van der Waals surface area contributed by atoms with Gasteiger partial charge in [-0.15, -0.1) is 0 Å². The summed E-state index contributed by atoms with van der Waals surface area (Å²) in [7, 11) is 1.16. The van der Waals surface area contributed by atoms with Crippen molar-refractivity contribution < 1.29 is 29.0 Å². The van der Waals surface area contributed by atoms with E-state index in [1.165, 1.54) is 0 Å². The molecule has 0 fully saturated rings. The first-order chi connectivity index (χ1) is 8.65. The lowest BCUT2D eigenvalue weighted by molar-refractivity contribution is -0.144. The Hall–Kier alpha value is -2.10. The number of carboxylic acids is 1. The number of aliphatic carboxylic acids is 1. The smallest absolute Gasteiger partial charge is 0.481 e. The van der Waals surface area contributed by atoms with Crippen molar-refractivity contribution in [2.24, 2.45) is 5.92 Å². The summed E-state index contributed by atoms with van der Waals surface area (Å²) in [5.41, 5.74) is -0.704. The Balaban J connectivity index is 4.69. The molecule has 0 aromatic heterocycles. The van der Waals surface area contributed by atoms with E-state index in [4.69, 9.17) is 9.84 Å². The lowest BCUT2D eigenvalue weighted by atomic mass is 10.1. The molecule has 7 nitrogen and oxygen atoms in total. The van der Waals surface area contributed by atoms with Gasteiger partial charge in [-0.1, -0.05) is 0 Å². The van der Waals surface area contributed by atoms with Gasteiger partial charge >= 0.3 is 24.1 Å². The van der Waals surface area contributed by atoms with Crippen LogP contribution in [0.1, 0.15) is 33.6 Å². The van der Waals surface area contributed by atoms with E-state index in [9.17, 15) is 14.4 Å². The molecule has 0 rings (SSSR count). The molecule has 0 bridgehead atoms. The summed E-state index contributed by atoms with van der Waals surface area (Å²) in [6, 6.07) is 2.26. The first kappa shape index (κ1) is 16.9. The minimum atomic E-state index is -1.06. The number of hydrogen-bond acceptors (Lipinski definition) is 5. The summed E-state index contributed by atoms with van der Waals surface area (Å²) in [5, 5.41) is 8.54. The SMILES string of the molecule is COC(=O)C(C#[N+]C(=O)OC(C)(C)C)CCC(=O)O. The minimum absolute atomic E-state index is 0.0473. The molecule has 0 saturated heterocycles. The van der Waals surface area contributed by atoms with Crippen molar-refractivity contribution in [3.05, 3.63) is 4.85 Å². The van der Waals surface area contributed by atoms with Gasteiger partial charge in [-0.2, -0.15) is 4.79 Å². The van der Waals surface area contributed by atoms with Crippen LogP contribution in [0.25, 0.3) is 4.85 Å². The zero-order valence-electron chi connectivity index (χ0n) is 11.4. The number of rotatable bonds is 4. The fourth-order valence-corrected chi connectivity index (χ4v) is 1.06. The summed E-state index contributed by atoms with van der Waals surface area (Å²) in [6.45, 7) is 5.01. The number of amides is 1. The summed E-state index contributed by atoms with van der Waals surface area (Å²) < 4.78 is 9.36. The molecule has 1 N–H and O–H groups in total. The maximum absolute atomic E-state index is 11.3. The molecule has 0 aliphatic heterocycles. The summed E-state index contributed by atoms with van der Waals surface area (Å²) in [4.78, 5) is 36.4. The zero-order chi connectivity index (χ0) is 15.1. The molecule has 0 saturated carbocycles. The number of ether oxygens (including phenoxy) is 2. The number of carbonyl (C=O) groups is 3. The first-order valence-corrected chi connectivity index (χ1v) is 5.64. The molecule has 1 atom stereocenters. The van der Waals surface area contributed by atoms with E-state index < -0.39 is 29.6 Å². The van der Waals surface area contributed by atoms with Gasteiger partial charge in [0.15, 0.2) is 5.92 Å². The number of carbonyl (C=O) groups excluding carboxylic acids is 2. The molecule has 0 spiro atoms. The van der Waals surface area contributed by atoms with E-state index in [0.29, 0.717) is 0 Å². The molecule has 0 heterocycles. The number of esters is 1. The molecule has 0 aromatic rings. The van der Waals surface area contributed by atoms with Gasteiger partial charge in [0.2, 0.25) is 0 Å². The molecule has 0 radical (unpaired) electrons. The second kappa shape index (κ2) is 7.36. The number of hydrogen-bond donors (Lipinski definition) is 1. The molecule has 1 unspecified atom stereocenters. The van der Waals surface area contributed by atoms with Crippen molar-refractivity contribution in [2.45, 2.75) is 39.2 Å². The summed E-state index contributed by atoms with van der Waals surface area (Å²) in [6.07, 6.45) is -1.19. The van der Waals surface area contributed by atoms with Gasteiger partial charge in [0.05, 0.1) is 12.0 Å². The fourth-order valence-electron chi connectivity index (χ4n) is 1.06. The van der Waals surface area contributed by atoms with Crippen LogP contribution < -0.4 is 0 Å². The third-order valence-electron chi connectivity index (χ3n) is 1.84. The Bertz CT molecular complexity index is 412. The third-order valence-corrected chi connectivity index (χ3v) is 1.84. The molecule has 7 heteroatoms. The standard InChI is InChI=1S/C12H17NO6/c1-12(2,3)19-11(17)13-7-8(10(16)18-4)5-6-9(14)15/h8H,5-6H2,1-4H3/p+1. The second-order valence-electron chi connectivity index (χ2n) is 4.73. The number of nitrogens with zero attached hydrogens (tertiary/aromatic N) is 1. The molecule has 0 aliphatic rings. The van der Waals surface area contributed by atoms with Crippen LogP contribution >= 0.6 is 0 Å². The van der Waals surface area contributed by atoms with Crippen LogP contribution in [0.5, 0.6) is 0 Å². The fraction of sp³-hybridized carbons (Fsp3) is 0.667. The second-order valence-corrected chi connectivity index (χ2v) is 4.73. The van der Waals surface area contributed by atoms with E-state index in [1.807, 2.05) is 0 Å². The van der Waals surface area contributed by atoms with E-state index in [0.717, 1.165) is 7.11 Å². The average molecular weight is 272 g/mol. The van der Waals surface area contributed by atoms with Crippen LogP contribution in [0.3, 0.4) is 0 Å². The maximum atomic E-state index is 11.3. The van der Waals surface area contributed by atoms with Gasteiger partial charge in [-0.05, 0) is 27.2 Å². The Morgan fingerprint density at radius 1 is 1.32 bits per heavy atom. The number of methoxy groups -OCH3 is 1. The van der Waals surface area contributed by atoms with Crippen LogP contribution in [-0.4, -0.2) is 35.8 Å². The normalized spacial score (nSPS) is 11.8. The molecule has 0 aliphatic carbocycles. The molecular formula is C12H18NO6+. The van der Waals surface area contributed by atoms with E-state index in [1.54, 1.807) is 20.8 Å². The van der Waals surface area contributed by atoms with Gasteiger partial charge in [0.1, 0.15) is 5.60 Å². The van der Waals surface area contributed by atoms with Gasteiger partial charge in [-0.3, -0.25) is 9.59 Å². The highest BCUT2D eigenvalue weighted by Gasteiger charge is 2.28. The van der Waals surface area contributed by atoms with Crippen molar-refractivity contribution >= 4 is 18.0 Å². The molecule has 1 amide bonds. The zero-order valence-corrected chi connectivity index (χ0v) is 11.4. The van der Waals surface area contributed by atoms with Crippen LogP contribution in [0.2, 0.25) is 0 Å². The van der Waals surface area contributed by atoms with Crippen molar-refractivity contribution in [3.63, 3.8) is 0 Å². The Labute approximate surface area is 111 Å². The lowest BCUT2D eigenvalue weighted by Gasteiger charge is -2.12. The van der Waals surface area contributed by atoms with Gasteiger partial charge in [-0.25, -0.2) is 0 Å². The quantitative estimate of drug-likeness (QED) is 0.785. The average Bonchev–Trinajstić information content (AvgIpc) is 2.25. The molecule has 0 aromatic carbocycles. The molecule has 19 heavy (non-hydrogen) atoms. The monoisotopic (exact) mass is 272 g/mol. The van der Waals surface area contributed by atoms with E-state index >= 15 is 0 Å². The highest BCUT2D eigenvalue weighted by atomic mass is 16.6. The minimum Gasteiger partial charge on any atom is -0.481 e. The summed E-state index contributed by atoms with van der Waals surface area (Å²) in [5.74, 6) is -2.77. The molecular weight excluding hydrogens is 254 g/mol. The van der Waals surface area contributed by atoms with Crippen LogP contribution in [0.4, 0.5) is 4.79 Å². The van der Waals surface area contributed by atoms with Gasteiger partial charge in [0.25, 0.3) is 0 Å². The Morgan fingerprint density at radius 3 is 2.32 bits per heavy atom. The van der Waals surface area contributed by atoms with Crippen LogP contribution in [-0.2, 0) is 19.1 Å². The summed E-state index contributed by atoms with van der Waals surface area (Å²) >= 11 is 0. The van der Waals surface area contributed by atoms with Crippen molar-refractivity contribution in [3.8, 4) is 6.07 Å². The highest BCUT2D eigenvalue weighted by Crippen LogP contribution is 2.10. The van der Waals surface area contributed by atoms with Gasteiger partial charge in [0, 0.05) is 6.42 Å².